The van der Waals surface area contributed by atoms with Gasteiger partial charge in [0.15, 0.2) is 0 Å². The molecule has 6 heteroatoms. The van der Waals surface area contributed by atoms with Gasteiger partial charge in [-0.15, -0.1) is 0 Å². The maximum absolute atomic E-state index is 15.1. The van der Waals surface area contributed by atoms with Crippen LogP contribution in [0.1, 0.15) is 35.6 Å². The van der Waals surface area contributed by atoms with E-state index in [0.29, 0.717) is 17.7 Å². The molecule has 5 rings (SSSR count). The Morgan fingerprint density at radius 1 is 0.846 bits per heavy atom. The monoisotopic (exact) mass is 603 g/mol. The van der Waals surface area contributed by atoms with Crippen molar-refractivity contribution < 1.29 is 13.9 Å². The summed E-state index contributed by atoms with van der Waals surface area (Å²) in [5, 5.41) is 0. The van der Waals surface area contributed by atoms with Crippen molar-refractivity contribution in [3.63, 3.8) is 0 Å². The van der Waals surface area contributed by atoms with E-state index in [1.165, 1.54) is 6.07 Å². The summed E-state index contributed by atoms with van der Waals surface area (Å²) in [5.74, 6) is 2.88. The highest BCUT2D eigenvalue weighted by atomic mass is 79.9. The Morgan fingerprint density at radius 3 is 1.97 bits per heavy atom. The number of thioether (sulfide) groups is 1. The lowest BCUT2D eigenvalue weighted by atomic mass is 9.66. The highest BCUT2D eigenvalue weighted by Crippen LogP contribution is 2.46. The topological polar surface area (TPSA) is 30.8 Å². The van der Waals surface area contributed by atoms with E-state index in [9.17, 15) is 0 Å². The van der Waals surface area contributed by atoms with E-state index in [0.717, 1.165) is 44.1 Å². The molecule has 4 aromatic carbocycles. The maximum atomic E-state index is 15.1. The van der Waals surface area contributed by atoms with Gasteiger partial charge < -0.3 is 9.47 Å². The van der Waals surface area contributed by atoms with Crippen molar-refractivity contribution >= 4 is 33.4 Å². The van der Waals surface area contributed by atoms with Gasteiger partial charge in [0.05, 0.1) is 25.2 Å². The highest BCUT2D eigenvalue weighted by molar-refractivity contribution is 9.10. The summed E-state index contributed by atoms with van der Waals surface area (Å²) in [5.41, 5.74) is 3.88. The SMILES string of the molecule is COc1ccc(C(CC2=N[C@](C)(c3cc(Br)ccc3F)CSC2)(c2ccccc2)c2ccc(OC)cc2)cc1. The Hall–Kier alpha value is -3.09. The Morgan fingerprint density at radius 2 is 1.41 bits per heavy atom. The van der Waals surface area contributed by atoms with Gasteiger partial charge in [0, 0.05) is 33.7 Å². The third kappa shape index (κ3) is 5.50. The molecule has 0 N–H and O–H groups in total. The lowest BCUT2D eigenvalue weighted by molar-refractivity contribution is 0.414. The van der Waals surface area contributed by atoms with Crippen molar-refractivity contribution in [2.24, 2.45) is 4.99 Å². The molecule has 3 nitrogen and oxygen atoms in total. The summed E-state index contributed by atoms with van der Waals surface area (Å²) >= 11 is 5.33. The second-order valence-electron chi connectivity index (χ2n) is 9.97. The van der Waals surface area contributed by atoms with E-state index in [2.05, 4.69) is 64.5 Å². The molecule has 0 aliphatic carbocycles. The number of rotatable bonds is 8. The zero-order valence-electron chi connectivity index (χ0n) is 22.3. The van der Waals surface area contributed by atoms with Crippen LogP contribution in [-0.2, 0) is 11.0 Å². The molecule has 0 saturated carbocycles. The summed E-state index contributed by atoms with van der Waals surface area (Å²) in [7, 11) is 3.36. The molecule has 4 aromatic rings. The molecule has 0 bridgehead atoms. The van der Waals surface area contributed by atoms with E-state index in [4.69, 9.17) is 14.5 Å². The fraction of sp³-hybridized carbons (Fsp3) is 0.242. The number of nitrogens with zero attached hydrogens (tertiary/aromatic N) is 1. The first-order chi connectivity index (χ1) is 18.9. The van der Waals surface area contributed by atoms with Crippen LogP contribution in [0.25, 0.3) is 0 Å². The smallest absolute Gasteiger partial charge is 0.128 e. The standard InChI is InChI=1S/C33H31BrFNO2S/c1-32(30-19-26(34)13-18-31(30)35)22-39-21-27(36-32)20-33(23-7-5-4-6-8-23,24-9-14-28(37-2)15-10-24)25-11-16-29(38-3)17-12-25/h4-19H,20-22H2,1-3H3/t32-/m0/s1. The van der Waals surface area contributed by atoms with Gasteiger partial charge in [0.2, 0.25) is 0 Å². The maximum Gasteiger partial charge on any atom is 0.128 e. The Labute approximate surface area is 242 Å². The molecule has 0 aromatic heterocycles. The number of hydrogen-bond donors (Lipinski definition) is 0. The van der Waals surface area contributed by atoms with Crippen molar-refractivity contribution in [3.05, 3.63) is 130 Å². The minimum Gasteiger partial charge on any atom is -0.497 e. The van der Waals surface area contributed by atoms with Gasteiger partial charge in [-0.2, -0.15) is 11.8 Å². The average Bonchev–Trinajstić information content (AvgIpc) is 2.98. The fourth-order valence-corrected chi connectivity index (χ4v) is 6.99. The predicted molar refractivity (Wildman–Crippen MR) is 163 cm³/mol. The molecule has 200 valence electrons. The Bertz CT molecular complexity index is 1410. The number of halogens is 2. The van der Waals surface area contributed by atoms with E-state index in [1.807, 2.05) is 43.3 Å². The zero-order chi connectivity index (χ0) is 27.5. The summed E-state index contributed by atoms with van der Waals surface area (Å²) in [6.45, 7) is 2.04. The number of benzene rings is 4. The molecule has 0 saturated heterocycles. The van der Waals surface area contributed by atoms with Gasteiger partial charge in [-0.3, -0.25) is 4.99 Å². The first-order valence-corrected chi connectivity index (χ1v) is 14.8. The predicted octanol–water partition coefficient (Wildman–Crippen LogP) is 8.43. The number of methoxy groups -OCH3 is 2. The summed E-state index contributed by atoms with van der Waals surface area (Å²) < 4.78 is 26.9. The van der Waals surface area contributed by atoms with E-state index < -0.39 is 11.0 Å². The second kappa shape index (κ2) is 11.6. The van der Waals surface area contributed by atoms with Crippen LogP contribution in [0.3, 0.4) is 0 Å². The van der Waals surface area contributed by atoms with Gasteiger partial charge in [-0.05, 0) is 66.1 Å². The van der Waals surface area contributed by atoms with Gasteiger partial charge in [-0.1, -0.05) is 70.5 Å². The molecule has 1 atom stereocenters. The molecule has 1 heterocycles. The third-order valence-corrected chi connectivity index (χ3v) is 9.26. The molecule has 0 unspecified atom stereocenters. The minimum atomic E-state index is -0.672. The Balaban J connectivity index is 1.71. The first kappa shape index (κ1) is 27.5. The molecule has 0 spiro atoms. The van der Waals surface area contributed by atoms with Crippen LogP contribution < -0.4 is 9.47 Å². The molecular weight excluding hydrogens is 573 g/mol. The quantitative estimate of drug-likeness (QED) is 0.189. The van der Waals surface area contributed by atoms with Crippen molar-refractivity contribution in [1.82, 2.24) is 0 Å². The van der Waals surface area contributed by atoms with Crippen molar-refractivity contribution in [3.8, 4) is 11.5 Å². The minimum absolute atomic E-state index is 0.231. The van der Waals surface area contributed by atoms with Crippen LogP contribution in [0.2, 0.25) is 0 Å². The van der Waals surface area contributed by atoms with Crippen molar-refractivity contribution in [2.45, 2.75) is 24.3 Å². The molecule has 0 radical (unpaired) electrons. The molecule has 1 aliphatic heterocycles. The van der Waals surface area contributed by atoms with Gasteiger partial charge >= 0.3 is 0 Å². The number of aliphatic imine (C=N–C) groups is 1. The van der Waals surface area contributed by atoms with Crippen molar-refractivity contribution in [1.29, 1.82) is 0 Å². The molecule has 1 aliphatic rings. The fourth-order valence-electron chi connectivity index (χ4n) is 5.51. The van der Waals surface area contributed by atoms with E-state index in [1.54, 1.807) is 32.0 Å². The van der Waals surface area contributed by atoms with Crippen LogP contribution in [0.4, 0.5) is 4.39 Å². The van der Waals surface area contributed by atoms with Gasteiger partial charge in [0.25, 0.3) is 0 Å². The lowest BCUT2D eigenvalue weighted by Gasteiger charge is -2.39. The summed E-state index contributed by atoms with van der Waals surface area (Å²) in [6, 6.07) is 32.3. The van der Waals surface area contributed by atoms with Crippen LogP contribution in [0.15, 0.2) is 107 Å². The van der Waals surface area contributed by atoms with E-state index >= 15 is 4.39 Å². The lowest BCUT2D eigenvalue weighted by Crippen LogP contribution is -2.37. The van der Waals surface area contributed by atoms with Gasteiger partial charge in [0.1, 0.15) is 17.3 Å². The largest absolute Gasteiger partial charge is 0.497 e. The molecule has 0 amide bonds. The Kier molecular flexibility index (Phi) is 8.15. The zero-order valence-corrected chi connectivity index (χ0v) is 24.7. The second-order valence-corrected chi connectivity index (χ2v) is 11.9. The van der Waals surface area contributed by atoms with E-state index in [-0.39, 0.29) is 5.82 Å². The van der Waals surface area contributed by atoms with Crippen LogP contribution in [0, 0.1) is 5.82 Å². The summed E-state index contributed by atoms with van der Waals surface area (Å²) in [6.07, 6.45) is 0.647. The van der Waals surface area contributed by atoms with Gasteiger partial charge in [-0.25, -0.2) is 4.39 Å². The van der Waals surface area contributed by atoms with Crippen LogP contribution in [-0.4, -0.2) is 31.4 Å². The molecular formula is C33H31BrFNO2S. The van der Waals surface area contributed by atoms with Crippen LogP contribution >= 0.6 is 27.7 Å². The highest BCUT2D eigenvalue weighted by Gasteiger charge is 2.40. The number of hydrogen-bond acceptors (Lipinski definition) is 4. The first-order valence-electron chi connectivity index (χ1n) is 12.8. The summed E-state index contributed by atoms with van der Waals surface area (Å²) in [4.78, 5) is 5.30. The third-order valence-electron chi connectivity index (χ3n) is 7.47. The molecule has 0 fully saturated rings. The van der Waals surface area contributed by atoms with Crippen LogP contribution in [0.5, 0.6) is 11.5 Å². The molecule has 39 heavy (non-hydrogen) atoms. The average molecular weight is 605 g/mol. The normalized spacial score (nSPS) is 17.4. The number of ether oxygens (including phenoxy) is 2. The van der Waals surface area contributed by atoms with Crippen molar-refractivity contribution in [2.75, 3.05) is 25.7 Å².